The van der Waals surface area contributed by atoms with Gasteiger partial charge in [-0.25, -0.2) is 4.39 Å². The minimum atomic E-state index is -0.519. The van der Waals surface area contributed by atoms with Crippen LogP contribution in [0.2, 0.25) is 0 Å². The Bertz CT molecular complexity index is 834. The van der Waals surface area contributed by atoms with Gasteiger partial charge in [0.1, 0.15) is 17.3 Å². The zero-order valence-corrected chi connectivity index (χ0v) is 19.7. The van der Waals surface area contributed by atoms with E-state index in [1.165, 1.54) is 12.1 Å². The fourth-order valence-electron chi connectivity index (χ4n) is 3.73. The van der Waals surface area contributed by atoms with Crippen molar-refractivity contribution in [3.05, 3.63) is 59.4 Å². The number of nitrogens with two attached hydrogens (primary N) is 1. The van der Waals surface area contributed by atoms with Crippen LogP contribution in [0.5, 0.6) is 11.5 Å². The van der Waals surface area contributed by atoms with Crippen molar-refractivity contribution in [3.8, 4) is 11.5 Å². The molecular formula is C23H32Cl2FN3O2. The van der Waals surface area contributed by atoms with Gasteiger partial charge in [0.05, 0.1) is 5.56 Å². The van der Waals surface area contributed by atoms with E-state index in [4.69, 9.17) is 10.5 Å². The topological polar surface area (TPSA) is 58.8 Å². The van der Waals surface area contributed by atoms with Crippen LogP contribution in [0, 0.1) is 5.82 Å². The number of hydrogen-bond donors (Lipinski definition) is 1. The lowest BCUT2D eigenvalue weighted by atomic mass is 10.1. The van der Waals surface area contributed by atoms with Gasteiger partial charge in [-0.15, -0.1) is 24.8 Å². The van der Waals surface area contributed by atoms with Crippen molar-refractivity contribution in [2.75, 3.05) is 33.7 Å². The molecule has 1 heterocycles. The molecule has 2 aromatic carbocycles. The Morgan fingerprint density at radius 3 is 2.42 bits per heavy atom. The summed E-state index contributed by atoms with van der Waals surface area (Å²) < 4.78 is 20.3. The molecule has 0 aliphatic carbocycles. The molecule has 1 aliphatic rings. The van der Waals surface area contributed by atoms with Gasteiger partial charge in [0.25, 0.3) is 5.91 Å². The van der Waals surface area contributed by atoms with E-state index >= 15 is 0 Å². The van der Waals surface area contributed by atoms with E-state index in [0.717, 1.165) is 31.2 Å². The third-order valence-corrected chi connectivity index (χ3v) is 5.48. The molecule has 0 aromatic heterocycles. The molecule has 1 aliphatic heterocycles. The molecule has 0 spiro atoms. The number of amides is 1. The first-order chi connectivity index (χ1) is 14.0. The highest BCUT2D eigenvalue weighted by molar-refractivity contribution is 5.95. The third-order valence-electron chi connectivity index (χ3n) is 5.48. The highest BCUT2D eigenvalue weighted by Crippen LogP contribution is 2.26. The summed E-state index contributed by atoms with van der Waals surface area (Å²) in [6.07, 6.45) is 3.66. The number of nitrogens with zero attached hydrogens (tertiary/aromatic N) is 2. The molecule has 31 heavy (non-hydrogen) atoms. The van der Waals surface area contributed by atoms with Crippen LogP contribution in [0.3, 0.4) is 0 Å². The van der Waals surface area contributed by atoms with Crippen molar-refractivity contribution in [2.24, 2.45) is 5.73 Å². The monoisotopic (exact) mass is 471 g/mol. The quantitative estimate of drug-likeness (QED) is 0.672. The highest BCUT2D eigenvalue weighted by atomic mass is 35.5. The summed E-state index contributed by atoms with van der Waals surface area (Å²) >= 11 is 0. The van der Waals surface area contributed by atoms with Crippen molar-refractivity contribution < 1.29 is 13.9 Å². The molecule has 1 unspecified atom stereocenters. The Morgan fingerprint density at radius 1 is 1.10 bits per heavy atom. The van der Waals surface area contributed by atoms with Gasteiger partial charge in [-0.1, -0.05) is 12.1 Å². The molecule has 1 fully saturated rings. The fourth-order valence-corrected chi connectivity index (χ4v) is 3.73. The van der Waals surface area contributed by atoms with E-state index in [9.17, 15) is 9.18 Å². The maximum absolute atomic E-state index is 14.4. The summed E-state index contributed by atoms with van der Waals surface area (Å²) in [4.78, 5) is 16.9. The lowest BCUT2D eigenvalue weighted by Gasteiger charge is -2.23. The average molecular weight is 472 g/mol. The van der Waals surface area contributed by atoms with Crippen LogP contribution in [-0.2, 0) is 6.42 Å². The minimum absolute atomic E-state index is 0. The van der Waals surface area contributed by atoms with E-state index in [2.05, 4.69) is 19.0 Å². The Balaban J connectivity index is 0.00000240. The molecule has 0 radical (unpaired) electrons. The predicted molar refractivity (Wildman–Crippen MR) is 127 cm³/mol. The first-order valence-electron chi connectivity index (χ1n) is 10.2. The van der Waals surface area contributed by atoms with Crippen LogP contribution in [0.25, 0.3) is 0 Å². The van der Waals surface area contributed by atoms with Gasteiger partial charge in [0.15, 0.2) is 0 Å². The molecule has 1 atom stereocenters. The van der Waals surface area contributed by atoms with Crippen LogP contribution in [0.1, 0.15) is 35.2 Å². The van der Waals surface area contributed by atoms with Crippen LogP contribution >= 0.6 is 24.8 Å². The van der Waals surface area contributed by atoms with E-state index in [0.29, 0.717) is 37.2 Å². The van der Waals surface area contributed by atoms with E-state index in [-0.39, 0.29) is 36.3 Å². The molecule has 8 heteroatoms. The zero-order chi connectivity index (χ0) is 20.8. The first kappa shape index (κ1) is 27.2. The molecular weight excluding hydrogens is 440 g/mol. The summed E-state index contributed by atoms with van der Waals surface area (Å²) in [6.45, 7) is 1.88. The largest absolute Gasteiger partial charge is 0.457 e. The second kappa shape index (κ2) is 12.9. The Labute approximate surface area is 196 Å². The van der Waals surface area contributed by atoms with E-state index in [1.54, 1.807) is 11.0 Å². The number of carbonyl (C=O) groups is 1. The number of ether oxygens (including phenoxy) is 1. The summed E-state index contributed by atoms with van der Waals surface area (Å²) in [5.74, 6) is 0.293. The summed E-state index contributed by atoms with van der Waals surface area (Å²) in [5, 5.41) is 0. The number of carbonyl (C=O) groups excluding carboxylic acids is 1. The second-order valence-corrected chi connectivity index (χ2v) is 7.77. The average Bonchev–Trinajstić information content (AvgIpc) is 2.97. The molecule has 1 amide bonds. The van der Waals surface area contributed by atoms with Crippen molar-refractivity contribution in [2.45, 2.75) is 31.7 Å². The molecule has 0 saturated carbocycles. The van der Waals surface area contributed by atoms with Crippen molar-refractivity contribution in [3.63, 3.8) is 0 Å². The number of rotatable bonds is 6. The van der Waals surface area contributed by atoms with Crippen LogP contribution in [0.4, 0.5) is 4.39 Å². The van der Waals surface area contributed by atoms with Gasteiger partial charge in [-0.2, -0.15) is 0 Å². The SMILES string of the molecule is CN(C)C1CCCN(C(=O)c2cc(Oc3ccc(CCN)cc3)ccc2F)CC1.Cl.Cl. The first-order valence-corrected chi connectivity index (χ1v) is 10.2. The summed E-state index contributed by atoms with van der Waals surface area (Å²) in [5.41, 5.74) is 6.76. The molecule has 2 aromatic rings. The normalized spacial score (nSPS) is 16.2. The lowest BCUT2D eigenvalue weighted by molar-refractivity contribution is 0.0753. The van der Waals surface area contributed by atoms with Gasteiger partial charge >= 0.3 is 0 Å². The molecule has 172 valence electrons. The lowest BCUT2D eigenvalue weighted by Crippen LogP contribution is -2.34. The van der Waals surface area contributed by atoms with Gasteiger partial charge < -0.3 is 20.3 Å². The predicted octanol–water partition coefficient (Wildman–Crippen LogP) is 4.52. The second-order valence-electron chi connectivity index (χ2n) is 7.77. The van der Waals surface area contributed by atoms with E-state index < -0.39 is 5.82 Å². The van der Waals surface area contributed by atoms with E-state index in [1.807, 2.05) is 24.3 Å². The molecule has 5 nitrogen and oxygen atoms in total. The molecule has 2 N–H and O–H groups in total. The van der Waals surface area contributed by atoms with Crippen molar-refractivity contribution in [1.29, 1.82) is 0 Å². The maximum Gasteiger partial charge on any atom is 0.256 e. The van der Waals surface area contributed by atoms with Gasteiger partial charge in [-0.3, -0.25) is 4.79 Å². The Kier molecular flexibility index (Phi) is 11.3. The van der Waals surface area contributed by atoms with Crippen LogP contribution < -0.4 is 10.5 Å². The number of likely N-dealkylation sites (tertiary alicyclic amines) is 1. The zero-order valence-electron chi connectivity index (χ0n) is 18.1. The van der Waals surface area contributed by atoms with Crippen LogP contribution in [-0.4, -0.2) is 55.5 Å². The van der Waals surface area contributed by atoms with Crippen molar-refractivity contribution in [1.82, 2.24) is 9.80 Å². The molecule has 3 rings (SSSR count). The minimum Gasteiger partial charge on any atom is -0.457 e. The Hall–Kier alpha value is -1.86. The standard InChI is InChI=1S/C23H30FN3O2.2ClH/c1-26(2)18-4-3-14-27(15-12-18)23(28)21-16-20(9-10-22(21)24)29-19-7-5-17(6-8-19)11-13-25;;/h5-10,16,18H,3-4,11-15,25H2,1-2H3;2*1H. The maximum atomic E-state index is 14.4. The number of hydrogen-bond acceptors (Lipinski definition) is 4. The number of benzene rings is 2. The van der Waals surface area contributed by atoms with Gasteiger partial charge in [0, 0.05) is 19.1 Å². The summed E-state index contributed by atoms with van der Waals surface area (Å²) in [6, 6.07) is 12.4. The smallest absolute Gasteiger partial charge is 0.256 e. The van der Waals surface area contributed by atoms with Crippen molar-refractivity contribution >= 4 is 30.7 Å². The van der Waals surface area contributed by atoms with Crippen LogP contribution in [0.15, 0.2) is 42.5 Å². The molecule has 0 bridgehead atoms. The fraction of sp³-hybridized carbons (Fsp3) is 0.435. The van der Waals surface area contributed by atoms with Gasteiger partial charge in [0.2, 0.25) is 0 Å². The highest BCUT2D eigenvalue weighted by Gasteiger charge is 2.24. The number of halogens is 3. The third kappa shape index (κ3) is 7.35. The Morgan fingerprint density at radius 2 is 1.77 bits per heavy atom. The van der Waals surface area contributed by atoms with Gasteiger partial charge in [-0.05, 0) is 82.2 Å². The molecule has 1 saturated heterocycles. The summed E-state index contributed by atoms with van der Waals surface area (Å²) in [7, 11) is 4.12.